The zero-order valence-electron chi connectivity index (χ0n) is 19.2. The van der Waals surface area contributed by atoms with Crippen LogP contribution in [0.5, 0.6) is 5.75 Å². The lowest BCUT2D eigenvalue weighted by molar-refractivity contribution is -0.132. The number of aliphatic hydroxyl groups is 1. The molecule has 0 bridgehead atoms. The molecule has 0 saturated carbocycles. The van der Waals surface area contributed by atoms with Crippen molar-refractivity contribution in [3.8, 4) is 5.75 Å². The van der Waals surface area contributed by atoms with E-state index in [4.69, 9.17) is 16.3 Å². The van der Waals surface area contributed by atoms with Crippen molar-refractivity contribution in [1.29, 1.82) is 0 Å². The number of hydrogen-bond donors (Lipinski definition) is 1. The summed E-state index contributed by atoms with van der Waals surface area (Å²) in [6.07, 6.45) is 0.692. The van der Waals surface area contributed by atoms with E-state index in [9.17, 15) is 19.5 Å². The number of fused-ring (bicyclic) bond motifs is 1. The van der Waals surface area contributed by atoms with Gasteiger partial charge in [0.05, 0.1) is 22.2 Å². The lowest BCUT2D eigenvalue weighted by atomic mass is 9.94. The van der Waals surface area contributed by atoms with Crippen LogP contribution < -0.4 is 9.64 Å². The van der Waals surface area contributed by atoms with Gasteiger partial charge in [0.2, 0.25) is 0 Å². The Morgan fingerprint density at radius 3 is 2.69 bits per heavy atom. The fraction of sp³-hybridized carbons (Fsp3) is 0.231. The number of amides is 1. The number of ketones is 2. The average molecular weight is 509 g/mol. The summed E-state index contributed by atoms with van der Waals surface area (Å²) in [7, 11) is 0. The van der Waals surface area contributed by atoms with E-state index in [0.29, 0.717) is 33.1 Å². The Hall–Kier alpha value is -3.49. The van der Waals surface area contributed by atoms with E-state index in [0.717, 1.165) is 22.6 Å². The van der Waals surface area contributed by atoms with Crippen molar-refractivity contribution >= 4 is 51.3 Å². The molecule has 2 aliphatic rings. The summed E-state index contributed by atoms with van der Waals surface area (Å²) in [5, 5.41) is 12.0. The third-order valence-electron chi connectivity index (χ3n) is 6.09. The maximum Gasteiger partial charge on any atom is 0.301 e. The summed E-state index contributed by atoms with van der Waals surface area (Å²) in [6.45, 7) is 5.05. The van der Waals surface area contributed by atoms with E-state index in [-0.39, 0.29) is 28.4 Å². The number of rotatable bonds is 4. The molecular formula is C26H21ClN2O5S. The number of benzene rings is 2. The van der Waals surface area contributed by atoms with Gasteiger partial charge < -0.3 is 9.84 Å². The molecule has 1 amide bonds. The molecule has 0 spiro atoms. The highest BCUT2D eigenvalue weighted by atomic mass is 35.5. The van der Waals surface area contributed by atoms with Crippen LogP contribution in [-0.2, 0) is 16.0 Å². The molecule has 1 saturated heterocycles. The predicted molar refractivity (Wildman–Crippen MR) is 133 cm³/mol. The zero-order valence-corrected chi connectivity index (χ0v) is 20.7. The third kappa shape index (κ3) is 3.92. The van der Waals surface area contributed by atoms with Gasteiger partial charge in [-0.05, 0) is 55.3 Å². The monoisotopic (exact) mass is 508 g/mol. The molecule has 3 heterocycles. The number of nitrogens with zero attached hydrogens (tertiary/aromatic N) is 2. The molecule has 0 unspecified atom stereocenters. The van der Waals surface area contributed by atoms with Crippen LogP contribution in [0.15, 0.2) is 48.0 Å². The molecule has 35 heavy (non-hydrogen) atoms. The SMILES string of the molecule is CC(=O)c1sc(N2C(=O)C(=O)/C(=C(/O)c3ccc4c(c3)C[C@H](C)O4)[C@@H]2c2cccc(Cl)c2)nc1C. The number of carbonyl (C=O) groups excluding carboxylic acids is 3. The number of carbonyl (C=O) groups is 3. The average Bonchev–Trinajstić information content (AvgIpc) is 3.45. The maximum atomic E-state index is 13.3. The standard InChI is InChI=1S/C26H21ClN2O5S/c1-12-9-17-10-16(7-8-19(17)34-12)22(31)20-21(15-5-4-6-18(27)11-15)29(25(33)23(20)32)26-28-13(2)24(35-26)14(3)30/h4-8,10-12,21,31H,9H2,1-3H3/b22-20+/t12-,21-/m0/s1. The summed E-state index contributed by atoms with van der Waals surface area (Å²) in [6, 6.07) is 11.0. The first kappa shape index (κ1) is 23.3. The fourth-order valence-corrected chi connectivity index (χ4v) is 5.75. The summed E-state index contributed by atoms with van der Waals surface area (Å²) < 4.78 is 5.74. The maximum absolute atomic E-state index is 13.3. The van der Waals surface area contributed by atoms with Crippen molar-refractivity contribution in [2.24, 2.45) is 0 Å². The number of thiazole rings is 1. The fourth-order valence-electron chi connectivity index (χ4n) is 4.56. The number of anilines is 1. The lowest BCUT2D eigenvalue weighted by Crippen LogP contribution is -2.29. The van der Waals surface area contributed by atoms with E-state index < -0.39 is 17.7 Å². The smallest absolute Gasteiger partial charge is 0.301 e. The quantitative estimate of drug-likeness (QED) is 0.223. The number of aliphatic hydroxyl groups excluding tert-OH is 1. The number of hydrogen-bond acceptors (Lipinski definition) is 7. The van der Waals surface area contributed by atoms with Crippen LogP contribution in [0.25, 0.3) is 5.76 Å². The first-order valence-electron chi connectivity index (χ1n) is 11.0. The highest BCUT2D eigenvalue weighted by Gasteiger charge is 2.48. The predicted octanol–water partition coefficient (Wildman–Crippen LogP) is 5.26. The molecule has 3 aromatic rings. The molecule has 0 aliphatic carbocycles. The van der Waals surface area contributed by atoms with Crippen molar-refractivity contribution in [1.82, 2.24) is 4.98 Å². The van der Waals surface area contributed by atoms with Crippen LogP contribution in [0.3, 0.4) is 0 Å². The Bertz CT molecular complexity index is 1440. The van der Waals surface area contributed by atoms with Gasteiger partial charge >= 0.3 is 5.91 Å². The number of Topliss-reactive ketones (excluding diaryl/α,β-unsaturated/α-hetero) is 2. The Kier molecular flexibility index (Phi) is 5.73. The number of ether oxygens (including phenoxy) is 1. The van der Waals surface area contributed by atoms with Crippen molar-refractivity contribution in [2.45, 2.75) is 39.3 Å². The van der Waals surface area contributed by atoms with Crippen LogP contribution in [0.1, 0.15) is 51.9 Å². The Morgan fingerprint density at radius 2 is 2.00 bits per heavy atom. The lowest BCUT2D eigenvalue weighted by Gasteiger charge is -2.23. The molecule has 2 aliphatic heterocycles. The third-order valence-corrected chi connectivity index (χ3v) is 7.58. The number of halogens is 1. The Labute approximate surface area is 210 Å². The highest BCUT2D eigenvalue weighted by molar-refractivity contribution is 7.18. The molecule has 2 atom stereocenters. The van der Waals surface area contributed by atoms with Crippen molar-refractivity contribution < 1.29 is 24.2 Å². The summed E-state index contributed by atoms with van der Waals surface area (Å²) >= 11 is 7.28. The van der Waals surface area contributed by atoms with Crippen LogP contribution in [0, 0.1) is 6.92 Å². The van der Waals surface area contributed by atoms with Crippen LogP contribution >= 0.6 is 22.9 Å². The minimum atomic E-state index is -0.970. The van der Waals surface area contributed by atoms with Gasteiger partial charge in [0, 0.05) is 23.9 Å². The summed E-state index contributed by atoms with van der Waals surface area (Å²) in [5.41, 5.74) is 2.26. The van der Waals surface area contributed by atoms with Gasteiger partial charge in [-0.15, -0.1) is 0 Å². The van der Waals surface area contributed by atoms with Gasteiger partial charge in [0.1, 0.15) is 17.6 Å². The van der Waals surface area contributed by atoms with Crippen LogP contribution in [0.4, 0.5) is 5.13 Å². The topological polar surface area (TPSA) is 96.8 Å². The second kappa shape index (κ2) is 8.62. The van der Waals surface area contributed by atoms with Crippen molar-refractivity contribution in [3.05, 3.63) is 80.3 Å². The summed E-state index contributed by atoms with van der Waals surface area (Å²) in [5.74, 6) is -1.42. The van der Waals surface area contributed by atoms with Gasteiger partial charge in [0.15, 0.2) is 10.9 Å². The minimum absolute atomic E-state index is 0.0167. The van der Waals surface area contributed by atoms with Gasteiger partial charge in [-0.25, -0.2) is 4.98 Å². The number of aromatic nitrogens is 1. The zero-order chi connectivity index (χ0) is 25.0. The van der Waals surface area contributed by atoms with Crippen LogP contribution in [-0.4, -0.2) is 33.7 Å². The van der Waals surface area contributed by atoms with E-state index in [2.05, 4.69) is 4.98 Å². The van der Waals surface area contributed by atoms with Gasteiger partial charge in [0.25, 0.3) is 5.78 Å². The molecule has 1 fully saturated rings. The molecule has 178 valence electrons. The van der Waals surface area contributed by atoms with Gasteiger partial charge in [-0.2, -0.15) is 0 Å². The molecule has 2 aromatic carbocycles. The normalized spacial score (nSPS) is 20.7. The largest absolute Gasteiger partial charge is 0.507 e. The molecule has 1 N–H and O–H groups in total. The van der Waals surface area contributed by atoms with E-state index >= 15 is 0 Å². The number of aryl methyl sites for hydroxylation is 1. The Balaban J connectivity index is 1.70. The molecule has 1 aromatic heterocycles. The second-order valence-corrected chi connectivity index (χ2v) is 10.1. The first-order chi connectivity index (χ1) is 16.7. The molecule has 9 heteroatoms. The molecular weight excluding hydrogens is 488 g/mol. The van der Waals surface area contributed by atoms with Gasteiger partial charge in [-0.3, -0.25) is 19.3 Å². The first-order valence-corrected chi connectivity index (χ1v) is 12.2. The second-order valence-electron chi connectivity index (χ2n) is 8.65. The van der Waals surface area contributed by atoms with Crippen molar-refractivity contribution in [3.63, 3.8) is 0 Å². The van der Waals surface area contributed by atoms with Crippen LogP contribution in [0.2, 0.25) is 5.02 Å². The van der Waals surface area contributed by atoms with E-state index in [1.807, 2.05) is 6.92 Å². The molecule has 7 nitrogen and oxygen atoms in total. The molecule has 0 radical (unpaired) electrons. The highest BCUT2D eigenvalue weighted by Crippen LogP contribution is 2.44. The van der Waals surface area contributed by atoms with E-state index in [1.54, 1.807) is 49.4 Å². The Morgan fingerprint density at radius 1 is 1.23 bits per heavy atom. The summed E-state index contributed by atoms with van der Waals surface area (Å²) in [4.78, 5) is 44.7. The molecule has 5 rings (SSSR count). The minimum Gasteiger partial charge on any atom is -0.507 e. The van der Waals surface area contributed by atoms with Crippen molar-refractivity contribution in [2.75, 3.05) is 4.90 Å². The van der Waals surface area contributed by atoms with E-state index in [1.165, 1.54) is 11.8 Å². The van der Waals surface area contributed by atoms with Gasteiger partial charge in [-0.1, -0.05) is 35.1 Å².